The molecule has 0 aliphatic carbocycles. The van der Waals surface area contributed by atoms with Gasteiger partial charge in [0.05, 0.1) is 0 Å². The Balaban J connectivity index is 1.64. The van der Waals surface area contributed by atoms with Crippen LogP contribution in [0.1, 0.15) is 41.6 Å². The highest BCUT2D eigenvalue weighted by Gasteiger charge is 2.28. The van der Waals surface area contributed by atoms with E-state index >= 15 is 0 Å². The fourth-order valence-corrected chi connectivity index (χ4v) is 4.00. The summed E-state index contributed by atoms with van der Waals surface area (Å²) in [4.78, 5) is 77.4. The quantitative estimate of drug-likeness (QED) is 0.146. The van der Waals surface area contributed by atoms with Crippen molar-refractivity contribution in [3.8, 4) is 0 Å². The topological polar surface area (TPSA) is 266 Å². The zero-order valence-corrected chi connectivity index (χ0v) is 21.1. The van der Waals surface area contributed by atoms with Gasteiger partial charge in [-0.1, -0.05) is 12.1 Å². The van der Waals surface area contributed by atoms with Gasteiger partial charge in [-0.05, 0) is 37.0 Å². The molecule has 0 saturated carbocycles. The van der Waals surface area contributed by atoms with Crippen LogP contribution in [0.15, 0.2) is 29.1 Å². The molecular weight excluding hydrogens is 530 g/mol. The van der Waals surface area contributed by atoms with Gasteiger partial charge in [0, 0.05) is 31.0 Å². The van der Waals surface area contributed by atoms with Gasteiger partial charge in [-0.25, -0.2) is 4.79 Å². The van der Waals surface area contributed by atoms with Crippen LogP contribution in [0.2, 0.25) is 0 Å². The summed E-state index contributed by atoms with van der Waals surface area (Å²) in [5, 5.41) is 37.8. The predicted octanol–water partition coefficient (Wildman–Crippen LogP) is -0.802. The highest BCUT2D eigenvalue weighted by Crippen LogP contribution is 2.21. The summed E-state index contributed by atoms with van der Waals surface area (Å²) >= 11 is 0. The van der Waals surface area contributed by atoms with Crippen LogP contribution in [0.4, 0.5) is 17.5 Å². The average Bonchev–Trinajstić information content (AvgIpc) is 2.89. The number of carboxylic acid groups (broad SMARTS) is 3. The number of rotatable bonds is 13. The molecule has 0 bridgehead atoms. The van der Waals surface area contributed by atoms with Crippen LogP contribution >= 0.6 is 0 Å². The fourth-order valence-electron chi connectivity index (χ4n) is 4.00. The number of aliphatic carboxylic acids is 3. The van der Waals surface area contributed by atoms with Crippen LogP contribution in [0.25, 0.3) is 0 Å². The van der Waals surface area contributed by atoms with Crippen LogP contribution < -0.4 is 32.6 Å². The average molecular weight is 560 g/mol. The van der Waals surface area contributed by atoms with Crippen LogP contribution in [0.3, 0.4) is 0 Å². The van der Waals surface area contributed by atoms with Gasteiger partial charge in [0.25, 0.3) is 11.5 Å². The molecule has 16 nitrogen and oxygen atoms in total. The van der Waals surface area contributed by atoms with Gasteiger partial charge in [-0.2, -0.15) is 4.98 Å². The lowest BCUT2D eigenvalue weighted by Crippen LogP contribution is -2.51. The van der Waals surface area contributed by atoms with E-state index in [4.69, 9.17) is 15.9 Å². The SMILES string of the molecule is Nc1nc2c(c(=O)[nH]1)N[C@@H](Cc1ccc(C(=O)N[C@@H](CCC(=O)O)C(=O)N[C@@H](CCC(=O)O)C(=O)O)cc1)CN2. The minimum Gasteiger partial charge on any atom is -0.481 e. The number of nitrogens with two attached hydrogens (primary N) is 1. The van der Waals surface area contributed by atoms with Gasteiger partial charge >= 0.3 is 17.9 Å². The van der Waals surface area contributed by atoms with Crippen LogP contribution in [-0.2, 0) is 25.6 Å². The Kier molecular flexibility index (Phi) is 9.61. The highest BCUT2D eigenvalue weighted by atomic mass is 16.4. The molecule has 3 rings (SSSR count). The summed E-state index contributed by atoms with van der Waals surface area (Å²) in [7, 11) is 0. The number of fused-ring (bicyclic) bond motifs is 1. The van der Waals surface area contributed by atoms with Crippen molar-refractivity contribution in [1.82, 2.24) is 20.6 Å². The zero-order chi connectivity index (χ0) is 29.4. The maximum Gasteiger partial charge on any atom is 0.326 e. The van der Waals surface area contributed by atoms with E-state index in [0.29, 0.717) is 18.8 Å². The van der Waals surface area contributed by atoms with Crippen molar-refractivity contribution >= 4 is 47.2 Å². The maximum atomic E-state index is 12.8. The minimum atomic E-state index is -1.54. The number of carbonyl (C=O) groups excluding carboxylic acids is 2. The molecule has 0 fully saturated rings. The van der Waals surface area contributed by atoms with Crippen LogP contribution in [-0.4, -0.2) is 79.7 Å². The monoisotopic (exact) mass is 559 g/mol. The fraction of sp³-hybridized carbons (Fsp3) is 0.375. The number of carbonyl (C=O) groups is 5. The van der Waals surface area contributed by atoms with E-state index in [2.05, 4.69) is 31.2 Å². The molecule has 1 aromatic heterocycles. The first-order chi connectivity index (χ1) is 18.9. The first kappa shape index (κ1) is 29.4. The number of hydrogen-bond donors (Lipinski definition) is 9. The van der Waals surface area contributed by atoms with Gasteiger partial charge in [-0.3, -0.25) is 29.0 Å². The van der Waals surface area contributed by atoms with Gasteiger partial charge < -0.3 is 42.3 Å². The van der Waals surface area contributed by atoms with E-state index in [1.807, 2.05) is 0 Å². The molecular formula is C24H29N7O9. The molecule has 16 heteroatoms. The lowest BCUT2D eigenvalue weighted by Gasteiger charge is -2.27. The third kappa shape index (κ3) is 8.17. The molecule has 0 radical (unpaired) electrons. The summed E-state index contributed by atoms with van der Waals surface area (Å²) in [5.74, 6) is -5.26. The molecule has 214 valence electrons. The van der Waals surface area contributed by atoms with Crippen LogP contribution in [0, 0.1) is 0 Å². The second-order valence-corrected chi connectivity index (χ2v) is 9.09. The van der Waals surface area contributed by atoms with Gasteiger partial charge in [0.2, 0.25) is 11.9 Å². The number of aromatic nitrogens is 2. The third-order valence-corrected chi connectivity index (χ3v) is 6.03. The van der Waals surface area contributed by atoms with Gasteiger partial charge in [-0.15, -0.1) is 0 Å². The largest absolute Gasteiger partial charge is 0.481 e. The van der Waals surface area contributed by atoms with Crippen molar-refractivity contribution in [2.45, 2.75) is 50.2 Å². The summed E-state index contributed by atoms with van der Waals surface area (Å²) in [5.41, 5.74) is 6.39. The van der Waals surface area contributed by atoms with E-state index in [1.165, 1.54) is 12.1 Å². The van der Waals surface area contributed by atoms with Crippen molar-refractivity contribution in [3.63, 3.8) is 0 Å². The Hall–Kier alpha value is -5.15. The lowest BCUT2D eigenvalue weighted by atomic mass is 10.0. The molecule has 40 heavy (non-hydrogen) atoms. The molecule has 2 heterocycles. The zero-order valence-electron chi connectivity index (χ0n) is 21.1. The van der Waals surface area contributed by atoms with Crippen molar-refractivity contribution in [3.05, 3.63) is 45.7 Å². The third-order valence-electron chi connectivity index (χ3n) is 6.03. The number of carboxylic acids is 3. The number of anilines is 3. The number of aromatic amines is 1. The molecule has 0 spiro atoms. The summed E-state index contributed by atoms with van der Waals surface area (Å²) in [6.07, 6.45) is -1.24. The molecule has 0 unspecified atom stereocenters. The summed E-state index contributed by atoms with van der Waals surface area (Å²) < 4.78 is 0. The minimum absolute atomic E-state index is 0.00654. The Bertz CT molecular complexity index is 1340. The smallest absolute Gasteiger partial charge is 0.326 e. The highest BCUT2D eigenvalue weighted by molar-refractivity contribution is 5.98. The van der Waals surface area contributed by atoms with E-state index in [9.17, 15) is 33.9 Å². The van der Waals surface area contributed by atoms with E-state index in [0.717, 1.165) is 5.56 Å². The number of H-pyrrole nitrogens is 1. The van der Waals surface area contributed by atoms with E-state index < -0.39 is 66.6 Å². The molecule has 2 aromatic rings. The number of benzene rings is 1. The second-order valence-electron chi connectivity index (χ2n) is 9.09. The molecule has 1 aliphatic heterocycles. The summed E-state index contributed by atoms with van der Waals surface area (Å²) in [6, 6.07) is 3.27. The second kappa shape index (κ2) is 13.1. The van der Waals surface area contributed by atoms with Crippen molar-refractivity contribution < 1.29 is 39.3 Å². The Morgan fingerprint density at radius 3 is 2.20 bits per heavy atom. The van der Waals surface area contributed by atoms with Gasteiger partial charge in [0.1, 0.15) is 17.8 Å². The Morgan fingerprint density at radius 1 is 0.975 bits per heavy atom. The first-order valence-electron chi connectivity index (χ1n) is 12.2. The molecule has 3 atom stereocenters. The van der Waals surface area contributed by atoms with Crippen molar-refractivity contribution in [1.29, 1.82) is 0 Å². The lowest BCUT2D eigenvalue weighted by molar-refractivity contribution is -0.143. The van der Waals surface area contributed by atoms with E-state index in [1.54, 1.807) is 12.1 Å². The molecule has 1 aromatic carbocycles. The van der Waals surface area contributed by atoms with Crippen molar-refractivity contribution in [2.75, 3.05) is 22.9 Å². The molecule has 2 amide bonds. The number of amides is 2. The standard InChI is InChI=1S/C24H29N7O9/c25-24-30-19-18(22(38)31-24)27-13(10-26-19)9-11-1-3-12(4-2-11)20(36)28-14(5-7-16(32)33)21(37)29-15(23(39)40)6-8-17(34)35/h1-4,13-15,27H,5-10H2,(H,28,36)(H,29,37)(H,32,33)(H,34,35)(H,39,40)(H4,25,26,30,31,38)/t13-,14-,15-/m0/s1. The van der Waals surface area contributed by atoms with Crippen LogP contribution in [0.5, 0.6) is 0 Å². The number of nitrogens with zero attached hydrogens (tertiary/aromatic N) is 1. The number of nitrogen functional groups attached to an aromatic ring is 1. The Labute approximate surface area is 226 Å². The number of hydrogen-bond acceptors (Lipinski definition) is 10. The molecule has 1 aliphatic rings. The number of nitrogens with one attached hydrogen (secondary N) is 5. The normalized spacial score (nSPS) is 15.3. The van der Waals surface area contributed by atoms with E-state index in [-0.39, 0.29) is 29.7 Å². The predicted molar refractivity (Wildman–Crippen MR) is 140 cm³/mol. The molecule has 10 N–H and O–H groups in total. The molecule has 0 saturated heterocycles. The first-order valence-corrected chi connectivity index (χ1v) is 12.2. The Morgan fingerprint density at radius 2 is 1.60 bits per heavy atom. The summed E-state index contributed by atoms with van der Waals surface area (Å²) in [6.45, 7) is 0.454. The van der Waals surface area contributed by atoms with Crippen molar-refractivity contribution in [2.24, 2.45) is 0 Å². The maximum absolute atomic E-state index is 12.8. The van der Waals surface area contributed by atoms with Gasteiger partial charge in [0.15, 0.2) is 5.82 Å².